The molecule has 1 N–H and O–H groups in total. The van der Waals surface area contributed by atoms with Gasteiger partial charge in [-0.15, -0.1) is 0 Å². The number of hydrogen-bond donors (Lipinski definition) is 1. The molecule has 0 spiro atoms. The van der Waals surface area contributed by atoms with Crippen molar-refractivity contribution < 1.29 is 22.8 Å². The van der Waals surface area contributed by atoms with Crippen molar-refractivity contribution in [2.24, 2.45) is 0 Å². The van der Waals surface area contributed by atoms with Gasteiger partial charge in [-0.3, -0.25) is 24.0 Å². The maximum Gasteiger partial charge on any atom is 0.262 e. The monoisotopic (exact) mass is 436 g/mol. The summed E-state index contributed by atoms with van der Waals surface area (Å²) in [5.74, 6) is -1.88. The molecule has 0 saturated heterocycles. The van der Waals surface area contributed by atoms with E-state index in [-0.39, 0.29) is 27.7 Å². The zero-order chi connectivity index (χ0) is 22.0. The first-order valence-corrected chi connectivity index (χ1v) is 10.4. The number of hydrogen-bond acceptors (Lipinski definition) is 7. The van der Waals surface area contributed by atoms with Gasteiger partial charge in [-0.05, 0) is 48.8 Å². The Morgan fingerprint density at radius 3 is 2.06 bits per heavy atom. The smallest absolute Gasteiger partial charge is 0.262 e. The number of nitrogens with zero attached hydrogens (tertiary/aromatic N) is 4. The first kappa shape index (κ1) is 20.2. The van der Waals surface area contributed by atoms with Crippen LogP contribution in [0.25, 0.3) is 4.72 Å². The van der Waals surface area contributed by atoms with Gasteiger partial charge in [-0.1, -0.05) is 18.2 Å². The second kappa shape index (κ2) is 7.95. The van der Waals surface area contributed by atoms with Crippen LogP contribution in [-0.4, -0.2) is 47.6 Å². The Morgan fingerprint density at radius 1 is 0.903 bits per heavy atom. The van der Waals surface area contributed by atoms with Gasteiger partial charge >= 0.3 is 0 Å². The van der Waals surface area contributed by atoms with Crippen LogP contribution in [0.3, 0.4) is 0 Å². The van der Waals surface area contributed by atoms with Crippen LogP contribution in [0.4, 0.5) is 11.6 Å². The summed E-state index contributed by atoms with van der Waals surface area (Å²) < 4.78 is 28.2. The summed E-state index contributed by atoms with van der Waals surface area (Å²) in [6, 6.07) is 13.1. The highest BCUT2D eigenvalue weighted by atomic mass is 32.2. The number of carbonyl (C=O) groups excluding carboxylic acids is 3. The van der Waals surface area contributed by atoms with E-state index in [0.29, 0.717) is 0 Å². The molecule has 0 saturated carbocycles. The van der Waals surface area contributed by atoms with E-state index in [1.165, 1.54) is 54.9 Å². The third-order valence-corrected chi connectivity index (χ3v) is 5.64. The third-order valence-electron chi connectivity index (χ3n) is 4.37. The van der Waals surface area contributed by atoms with Crippen molar-refractivity contribution in [3.63, 3.8) is 0 Å². The summed E-state index contributed by atoms with van der Waals surface area (Å²) in [5, 5.41) is 2.53. The quantitative estimate of drug-likeness (QED) is 0.583. The van der Waals surface area contributed by atoms with E-state index in [1.807, 2.05) is 0 Å². The predicted octanol–water partition coefficient (Wildman–Crippen LogP) is 2.11. The minimum Gasteiger partial charge on any atom is -0.366 e. The Hall–Kier alpha value is -4.12. The molecule has 1 aromatic heterocycles. The molecule has 11 heteroatoms. The molecule has 2 heterocycles. The Balaban J connectivity index is 1.41. The van der Waals surface area contributed by atoms with Gasteiger partial charge in [0.15, 0.2) is 0 Å². The zero-order valence-electron chi connectivity index (χ0n) is 15.8. The van der Waals surface area contributed by atoms with Crippen molar-refractivity contribution in [2.75, 3.05) is 11.9 Å². The largest absolute Gasteiger partial charge is 0.366 e. The van der Waals surface area contributed by atoms with Crippen LogP contribution in [-0.2, 0) is 14.8 Å². The minimum absolute atomic E-state index is 0.113. The Kier molecular flexibility index (Phi) is 5.17. The average Bonchev–Trinajstić information content (AvgIpc) is 3.00. The third kappa shape index (κ3) is 4.12. The molecule has 0 atom stereocenters. The standard InChI is InChI=1S/C20H15N5O5S/c26-17(12-25-18(27)15-4-1-2-5-16(15)19(25)28)23-13-6-8-14(9-7-13)31(29,30)24-20-21-10-3-11-22-20/h1-11H,12H2,(H2,21,22,23,24,26)/p-1. The SMILES string of the molecule is O=C(CN1C(=O)c2ccccc2C1=O)Nc1ccc(S(=O)(=O)[N-]c2ncccn2)cc1. The Morgan fingerprint density at radius 2 is 1.48 bits per heavy atom. The molecule has 2 aromatic carbocycles. The van der Waals surface area contributed by atoms with Crippen LogP contribution in [0.5, 0.6) is 0 Å². The molecule has 31 heavy (non-hydrogen) atoms. The summed E-state index contributed by atoms with van der Waals surface area (Å²) in [6.07, 6.45) is 2.74. The molecule has 1 aliphatic rings. The first-order valence-electron chi connectivity index (χ1n) is 8.95. The number of benzene rings is 2. The van der Waals surface area contributed by atoms with Crippen LogP contribution >= 0.6 is 0 Å². The number of imide groups is 1. The van der Waals surface area contributed by atoms with Crippen LogP contribution in [0.15, 0.2) is 71.9 Å². The summed E-state index contributed by atoms with van der Waals surface area (Å²) in [7, 11) is -4.03. The van der Waals surface area contributed by atoms with Crippen LogP contribution in [0.1, 0.15) is 20.7 Å². The molecule has 0 bridgehead atoms. The lowest BCUT2D eigenvalue weighted by Crippen LogP contribution is -2.37. The van der Waals surface area contributed by atoms with Crippen LogP contribution in [0, 0.1) is 0 Å². The van der Waals surface area contributed by atoms with Gasteiger partial charge in [0.1, 0.15) is 6.54 Å². The van der Waals surface area contributed by atoms with Crippen molar-refractivity contribution in [1.82, 2.24) is 14.9 Å². The van der Waals surface area contributed by atoms with Crippen LogP contribution < -0.4 is 5.32 Å². The second-order valence-corrected chi connectivity index (χ2v) is 8.03. The van der Waals surface area contributed by atoms with E-state index >= 15 is 0 Å². The van der Waals surface area contributed by atoms with E-state index in [4.69, 9.17) is 0 Å². The van der Waals surface area contributed by atoms with E-state index in [0.717, 1.165) is 4.90 Å². The fourth-order valence-electron chi connectivity index (χ4n) is 2.94. The Labute approximate surface area is 177 Å². The number of amides is 3. The van der Waals surface area contributed by atoms with Gasteiger partial charge < -0.3 is 15.3 Å². The lowest BCUT2D eigenvalue weighted by molar-refractivity contribution is -0.116. The zero-order valence-corrected chi connectivity index (χ0v) is 16.6. The maximum atomic E-state index is 12.3. The Bertz CT molecular complexity index is 1240. The predicted molar refractivity (Wildman–Crippen MR) is 109 cm³/mol. The van der Waals surface area contributed by atoms with Gasteiger partial charge in [0.05, 0.1) is 16.0 Å². The lowest BCUT2D eigenvalue weighted by atomic mass is 10.1. The van der Waals surface area contributed by atoms with Gasteiger partial charge in [-0.2, -0.15) is 0 Å². The molecule has 3 amide bonds. The average molecular weight is 436 g/mol. The van der Waals surface area contributed by atoms with E-state index in [2.05, 4.69) is 20.0 Å². The van der Waals surface area contributed by atoms with E-state index in [9.17, 15) is 22.8 Å². The highest BCUT2D eigenvalue weighted by molar-refractivity contribution is 7.94. The van der Waals surface area contributed by atoms with E-state index < -0.39 is 34.3 Å². The van der Waals surface area contributed by atoms with Gasteiger partial charge in [0.25, 0.3) is 11.8 Å². The van der Waals surface area contributed by atoms with Crippen molar-refractivity contribution >= 4 is 39.4 Å². The number of aromatic nitrogens is 2. The summed E-state index contributed by atoms with van der Waals surface area (Å²) in [4.78, 5) is 45.2. The maximum absolute atomic E-state index is 12.3. The fourth-order valence-corrected chi connectivity index (χ4v) is 3.83. The topological polar surface area (TPSA) is 140 Å². The first-order chi connectivity index (χ1) is 14.8. The van der Waals surface area contributed by atoms with Gasteiger partial charge in [0, 0.05) is 11.6 Å². The number of nitrogens with one attached hydrogen (secondary N) is 1. The molecule has 0 fully saturated rings. The van der Waals surface area contributed by atoms with Crippen molar-refractivity contribution in [3.8, 4) is 0 Å². The molecule has 10 nitrogen and oxygen atoms in total. The van der Waals surface area contributed by atoms with Crippen molar-refractivity contribution in [1.29, 1.82) is 0 Å². The highest BCUT2D eigenvalue weighted by Crippen LogP contribution is 2.25. The van der Waals surface area contributed by atoms with Gasteiger partial charge in [-0.25, -0.2) is 8.42 Å². The number of sulfonamides is 1. The normalized spacial score (nSPS) is 13.1. The summed E-state index contributed by atoms with van der Waals surface area (Å²) in [5.41, 5.74) is 0.790. The molecule has 4 rings (SSSR count). The molecule has 0 aliphatic carbocycles. The van der Waals surface area contributed by atoms with Crippen molar-refractivity contribution in [2.45, 2.75) is 4.90 Å². The molecular weight excluding hydrogens is 422 g/mol. The van der Waals surface area contributed by atoms with Crippen molar-refractivity contribution in [3.05, 3.63) is 82.8 Å². The van der Waals surface area contributed by atoms with E-state index in [1.54, 1.807) is 12.1 Å². The van der Waals surface area contributed by atoms with Crippen LogP contribution in [0.2, 0.25) is 0 Å². The summed E-state index contributed by atoms with van der Waals surface area (Å²) >= 11 is 0. The number of rotatable bonds is 6. The highest BCUT2D eigenvalue weighted by Gasteiger charge is 2.36. The summed E-state index contributed by atoms with van der Waals surface area (Å²) in [6.45, 7) is -0.465. The number of anilines is 1. The number of carbonyl (C=O) groups is 3. The number of fused-ring (bicyclic) bond motifs is 1. The molecule has 0 unspecified atom stereocenters. The molecule has 156 valence electrons. The minimum atomic E-state index is -4.03. The fraction of sp³-hybridized carbons (Fsp3) is 0.0500. The molecular formula is C20H14N5O5S-. The van der Waals surface area contributed by atoms with Gasteiger partial charge in [0.2, 0.25) is 15.9 Å². The molecule has 3 aromatic rings. The lowest BCUT2D eigenvalue weighted by Gasteiger charge is -2.14. The molecule has 0 radical (unpaired) electrons. The molecule has 1 aliphatic heterocycles. The second-order valence-electron chi connectivity index (χ2n) is 6.43.